The number of piperidine rings is 1. The number of carbonyl (C=O) groups is 1. The lowest BCUT2D eigenvalue weighted by atomic mass is 9.97. The molecule has 3 fully saturated rings. The molecule has 3 saturated heterocycles. The Balaban J connectivity index is 1.39. The number of epoxide rings is 1. The maximum Gasteiger partial charge on any atom is 0.316 e. The Bertz CT molecular complexity index is 589. The van der Waals surface area contributed by atoms with E-state index in [0.29, 0.717) is 24.3 Å². The number of nitrogens with zero attached hydrogens (tertiary/aromatic N) is 1. The summed E-state index contributed by atoms with van der Waals surface area (Å²) in [6.45, 7) is 3.11. The highest BCUT2D eigenvalue weighted by Crippen LogP contribution is 2.49. The molecule has 6 atom stereocenters. The number of benzene rings is 1. The van der Waals surface area contributed by atoms with Crippen LogP contribution in [0.5, 0.6) is 0 Å². The van der Waals surface area contributed by atoms with Crippen LogP contribution in [0.3, 0.4) is 0 Å². The van der Waals surface area contributed by atoms with Gasteiger partial charge in [0.1, 0.15) is 24.2 Å². The Morgan fingerprint density at radius 1 is 1.28 bits per heavy atom. The van der Waals surface area contributed by atoms with Gasteiger partial charge in [0, 0.05) is 24.9 Å². The molecule has 3 aliphatic rings. The van der Waals surface area contributed by atoms with Gasteiger partial charge in [-0.3, -0.25) is 9.69 Å². The molecule has 3 heterocycles. The quantitative estimate of drug-likeness (QED) is 0.606. The van der Waals surface area contributed by atoms with Gasteiger partial charge in [-0.1, -0.05) is 43.7 Å². The number of morpholine rings is 1. The van der Waals surface area contributed by atoms with Crippen molar-refractivity contribution in [2.24, 2.45) is 0 Å². The van der Waals surface area contributed by atoms with E-state index in [1.807, 2.05) is 30.3 Å². The Labute approximate surface area is 148 Å². The molecular formula is C20H27NO4. The highest BCUT2D eigenvalue weighted by molar-refractivity contribution is 5.78. The fourth-order valence-corrected chi connectivity index (χ4v) is 4.57. The van der Waals surface area contributed by atoms with Crippen LogP contribution in [0, 0.1) is 0 Å². The number of hydrogen-bond donors (Lipinski definition) is 1. The minimum atomic E-state index is -0.595. The molecule has 0 aliphatic carbocycles. The first-order chi connectivity index (χ1) is 12.2. The topological polar surface area (TPSA) is 62.3 Å². The van der Waals surface area contributed by atoms with E-state index in [0.717, 1.165) is 24.9 Å². The lowest BCUT2D eigenvalue weighted by molar-refractivity contribution is -0.157. The minimum absolute atomic E-state index is 0.0606. The average molecular weight is 345 g/mol. The van der Waals surface area contributed by atoms with Crippen LogP contribution in [0.2, 0.25) is 0 Å². The molecule has 2 bridgehead atoms. The van der Waals surface area contributed by atoms with Crippen molar-refractivity contribution in [2.75, 3.05) is 13.2 Å². The third-order valence-corrected chi connectivity index (χ3v) is 5.90. The van der Waals surface area contributed by atoms with Gasteiger partial charge in [0.25, 0.3) is 0 Å². The van der Waals surface area contributed by atoms with Gasteiger partial charge in [-0.15, -0.1) is 0 Å². The van der Waals surface area contributed by atoms with E-state index in [-0.39, 0.29) is 18.7 Å². The second-order valence-corrected chi connectivity index (χ2v) is 7.47. The third-order valence-electron chi connectivity index (χ3n) is 5.90. The maximum atomic E-state index is 12.6. The van der Waals surface area contributed by atoms with Crippen LogP contribution in [0.4, 0.5) is 0 Å². The van der Waals surface area contributed by atoms with E-state index in [1.54, 1.807) is 0 Å². The molecule has 5 heteroatoms. The summed E-state index contributed by atoms with van der Waals surface area (Å²) in [5, 5.41) is 9.65. The van der Waals surface area contributed by atoms with Gasteiger partial charge in [0.05, 0.1) is 6.61 Å². The molecule has 25 heavy (non-hydrogen) atoms. The molecule has 136 valence electrons. The molecule has 0 amide bonds. The molecule has 0 saturated carbocycles. The fraction of sp³-hybridized carbons (Fsp3) is 0.650. The Morgan fingerprint density at radius 2 is 1.96 bits per heavy atom. The number of aliphatic hydroxyl groups is 1. The highest BCUT2D eigenvalue weighted by atomic mass is 16.6. The number of ether oxygens (including phenoxy) is 2. The number of hydrogen-bond acceptors (Lipinski definition) is 5. The second-order valence-electron chi connectivity index (χ2n) is 7.47. The third kappa shape index (κ3) is 3.21. The SMILES string of the molecule is CCCCN1[C@@H]2CC(OC(=O)[C@H](CO)c3ccccc3)C[C@H]1[C@@H]1O[C@@H]12. The number of unbranched alkanes of at least 4 members (excludes halogenated alkanes) is 1. The molecule has 5 nitrogen and oxygen atoms in total. The zero-order valence-electron chi connectivity index (χ0n) is 14.7. The second kappa shape index (κ2) is 7.06. The Morgan fingerprint density at radius 3 is 2.56 bits per heavy atom. The van der Waals surface area contributed by atoms with Crippen LogP contribution in [-0.2, 0) is 14.3 Å². The summed E-state index contributed by atoms with van der Waals surface area (Å²) in [4.78, 5) is 15.2. The molecule has 1 aromatic carbocycles. The lowest BCUT2D eigenvalue weighted by Gasteiger charge is -2.40. The normalized spacial score (nSPS) is 34.4. The van der Waals surface area contributed by atoms with Crippen LogP contribution >= 0.6 is 0 Å². The summed E-state index contributed by atoms with van der Waals surface area (Å²) in [6, 6.07) is 10.2. The molecule has 1 unspecified atom stereocenters. The van der Waals surface area contributed by atoms with Crippen molar-refractivity contribution in [3.05, 3.63) is 35.9 Å². The van der Waals surface area contributed by atoms with Gasteiger partial charge in [0.15, 0.2) is 0 Å². The number of aliphatic hydroxyl groups excluding tert-OH is 1. The molecule has 1 aromatic rings. The summed E-state index contributed by atoms with van der Waals surface area (Å²) in [5.41, 5.74) is 0.810. The van der Waals surface area contributed by atoms with Gasteiger partial charge in [-0.25, -0.2) is 0 Å². The van der Waals surface area contributed by atoms with Gasteiger partial charge in [-0.05, 0) is 18.5 Å². The first kappa shape index (κ1) is 17.0. The molecule has 0 radical (unpaired) electrons. The summed E-state index contributed by atoms with van der Waals surface area (Å²) in [6.07, 6.45) is 4.72. The van der Waals surface area contributed by atoms with Gasteiger partial charge >= 0.3 is 5.97 Å². The van der Waals surface area contributed by atoms with Crippen LogP contribution < -0.4 is 0 Å². The minimum Gasteiger partial charge on any atom is -0.462 e. The molecular weight excluding hydrogens is 318 g/mol. The molecule has 0 spiro atoms. The van der Waals surface area contributed by atoms with E-state index >= 15 is 0 Å². The molecule has 4 rings (SSSR count). The van der Waals surface area contributed by atoms with Crippen LogP contribution in [-0.4, -0.2) is 59.5 Å². The summed E-state index contributed by atoms with van der Waals surface area (Å²) in [5.74, 6) is -0.905. The van der Waals surface area contributed by atoms with Gasteiger partial charge in [0.2, 0.25) is 0 Å². The van der Waals surface area contributed by atoms with Crippen LogP contribution in [0.15, 0.2) is 30.3 Å². The Hall–Kier alpha value is -1.43. The average Bonchev–Trinajstić information content (AvgIpc) is 3.38. The van der Waals surface area contributed by atoms with Crippen LogP contribution in [0.25, 0.3) is 0 Å². The van der Waals surface area contributed by atoms with E-state index in [2.05, 4.69) is 11.8 Å². The highest BCUT2D eigenvalue weighted by Gasteiger charge is 2.63. The van der Waals surface area contributed by atoms with E-state index in [1.165, 1.54) is 12.8 Å². The maximum absolute atomic E-state index is 12.6. The summed E-state index contributed by atoms with van der Waals surface area (Å²) >= 11 is 0. The molecule has 3 aliphatic heterocycles. The van der Waals surface area contributed by atoms with Gasteiger partial charge in [-0.2, -0.15) is 0 Å². The van der Waals surface area contributed by atoms with Crippen molar-refractivity contribution in [1.29, 1.82) is 0 Å². The van der Waals surface area contributed by atoms with Crippen molar-refractivity contribution in [3.8, 4) is 0 Å². The van der Waals surface area contributed by atoms with E-state index in [9.17, 15) is 9.90 Å². The summed E-state index contributed by atoms with van der Waals surface area (Å²) < 4.78 is 11.6. The number of rotatable bonds is 7. The zero-order chi connectivity index (χ0) is 17.4. The number of esters is 1. The van der Waals surface area contributed by atoms with Crippen molar-refractivity contribution < 1.29 is 19.4 Å². The molecule has 0 aromatic heterocycles. The first-order valence-electron chi connectivity index (χ1n) is 9.50. The predicted octanol–water partition coefficient (Wildman–Crippen LogP) is 2.09. The Kier molecular flexibility index (Phi) is 4.80. The van der Waals surface area contributed by atoms with E-state index in [4.69, 9.17) is 9.47 Å². The monoisotopic (exact) mass is 345 g/mol. The van der Waals surface area contributed by atoms with Crippen molar-refractivity contribution >= 4 is 5.97 Å². The van der Waals surface area contributed by atoms with E-state index < -0.39 is 5.92 Å². The smallest absolute Gasteiger partial charge is 0.316 e. The largest absolute Gasteiger partial charge is 0.462 e. The molecule has 1 N–H and O–H groups in total. The number of carbonyl (C=O) groups excluding carboxylic acids is 1. The van der Waals surface area contributed by atoms with Crippen LogP contribution in [0.1, 0.15) is 44.1 Å². The summed E-state index contributed by atoms with van der Waals surface area (Å²) in [7, 11) is 0. The zero-order valence-corrected chi connectivity index (χ0v) is 14.7. The van der Waals surface area contributed by atoms with Crippen molar-refractivity contribution in [1.82, 2.24) is 4.90 Å². The lowest BCUT2D eigenvalue weighted by Crippen LogP contribution is -2.50. The van der Waals surface area contributed by atoms with Crippen molar-refractivity contribution in [3.63, 3.8) is 0 Å². The standard InChI is InChI=1S/C20H27NO4/c1-2-3-9-21-16-10-14(11-17(21)19-18(16)25-19)24-20(23)15(12-22)13-7-5-4-6-8-13/h4-8,14-19,22H,2-3,9-12H2,1H3/t14?,15-,16-,17+,18-,19+/m1/s1. The van der Waals surface area contributed by atoms with Crippen molar-refractivity contribution in [2.45, 2.75) is 68.9 Å². The fourth-order valence-electron chi connectivity index (χ4n) is 4.57. The van der Waals surface area contributed by atoms with Gasteiger partial charge < -0.3 is 14.6 Å². The number of fused-ring (bicyclic) bond motifs is 5. The first-order valence-corrected chi connectivity index (χ1v) is 9.50. The predicted molar refractivity (Wildman–Crippen MR) is 93.2 cm³/mol.